The number of hydrogen-bond donors (Lipinski definition) is 1. The lowest BCUT2D eigenvalue weighted by Gasteiger charge is -2.31. The van der Waals surface area contributed by atoms with Gasteiger partial charge in [0.1, 0.15) is 5.75 Å². The second kappa shape index (κ2) is 6.61. The first-order chi connectivity index (χ1) is 10.0. The van der Waals surface area contributed by atoms with Gasteiger partial charge in [-0.3, -0.25) is 9.59 Å². The molecular weight excluding hydrogens is 270 g/mol. The molecule has 0 unspecified atom stereocenters. The lowest BCUT2D eigenvalue weighted by molar-refractivity contribution is -0.138. The summed E-state index contributed by atoms with van der Waals surface area (Å²) in [6.07, 6.45) is 1.67. The van der Waals surface area contributed by atoms with Crippen molar-refractivity contribution in [2.75, 3.05) is 20.2 Å². The van der Waals surface area contributed by atoms with Crippen LogP contribution in [-0.2, 0) is 4.79 Å². The van der Waals surface area contributed by atoms with Crippen molar-refractivity contribution in [3.05, 3.63) is 29.3 Å². The van der Waals surface area contributed by atoms with Crippen LogP contribution in [0, 0.1) is 12.8 Å². The lowest BCUT2D eigenvalue weighted by Crippen LogP contribution is -2.39. The second-order valence-corrected chi connectivity index (χ2v) is 5.54. The number of methoxy groups -OCH3 is 1. The zero-order valence-electron chi connectivity index (χ0n) is 12.5. The number of carboxylic acids is 1. The van der Waals surface area contributed by atoms with E-state index in [9.17, 15) is 9.59 Å². The van der Waals surface area contributed by atoms with Crippen molar-refractivity contribution in [1.82, 2.24) is 4.90 Å². The Labute approximate surface area is 124 Å². The molecular formula is C16H21NO4. The first kappa shape index (κ1) is 15.4. The van der Waals surface area contributed by atoms with Crippen LogP contribution in [0.25, 0.3) is 0 Å². The fourth-order valence-corrected chi connectivity index (χ4v) is 2.75. The minimum Gasteiger partial charge on any atom is -0.496 e. The molecule has 0 aliphatic carbocycles. The molecule has 2 rings (SSSR count). The van der Waals surface area contributed by atoms with Crippen LogP contribution in [-0.4, -0.2) is 42.1 Å². The molecule has 0 atom stereocenters. The SMILES string of the molecule is COc1ccc(C)cc1C(=O)N1CCC(CC(=O)O)CC1. The van der Waals surface area contributed by atoms with Crippen molar-refractivity contribution in [2.45, 2.75) is 26.2 Å². The molecule has 114 valence electrons. The largest absolute Gasteiger partial charge is 0.496 e. The molecule has 5 heteroatoms. The first-order valence-electron chi connectivity index (χ1n) is 7.17. The number of amides is 1. The van der Waals surface area contributed by atoms with E-state index >= 15 is 0 Å². The maximum Gasteiger partial charge on any atom is 0.303 e. The average Bonchev–Trinajstić information content (AvgIpc) is 2.46. The van der Waals surface area contributed by atoms with Gasteiger partial charge in [0.25, 0.3) is 5.91 Å². The molecule has 1 aliphatic rings. The van der Waals surface area contributed by atoms with E-state index < -0.39 is 5.97 Å². The highest BCUT2D eigenvalue weighted by Crippen LogP contribution is 2.25. The molecule has 0 bridgehead atoms. The summed E-state index contributed by atoms with van der Waals surface area (Å²) in [4.78, 5) is 25.1. The first-order valence-corrected chi connectivity index (χ1v) is 7.17. The molecule has 0 spiro atoms. The number of carboxylic acid groups (broad SMARTS) is 1. The van der Waals surface area contributed by atoms with Crippen molar-refractivity contribution >= 4 is 11.9 Å². The van der Waals surface area contributed by atoms with Gasteiger partial charge in [0.05, 0.1) is 12.7 Å². The normalized spacial score (nSPS) is 15.8. The summed E-state index contributed by atoms with van der Waals surface area (Å²) in [6.45, 7) is 3.15. The third-order valence-corrected chi connectivity index (χ3v) is 3.95. The van der Waals surface area contributed by atoms with Gasteiger partial charge < -0.3 is 14.7 Å². The number of carbonyl (C=O) groups excluding carboxylic acids is 1. The Morgan fingerprint density at radius 1 is 1.33 bits per heavy atom. The molecule has 1 heterocycles. The van der Waals surface area contributed by atoms with Gasteiger partial charge in [-0.2, -0.15) is 0 Å². The zero-order chi connectivity index (χ0) is 15.4. The van der Waals surface area contributed by atoms with Crippen LogP contribution in [0.4, 0.5) is 0 Å². The van der Waals surface area contributed by atoms with Gasteiger partial charge in [0, 0.05) is 19.5 Å². The summed E-state index contributed by atoms with van der Waals surface area (Å²) < 4.78 is 5.26. The lowest BCUT2D eigenvalue weighted by atomic mass is 9.93. The highest BCUT2D eigenvalue weighted by atomic mass is 16.5. The number of aryl methyl sites for hydroxylation is 1. The molecule has 1 fully saturated rings. The average molecular weight is 291 g/mol. The van der Waals surface area contributed by atoms with E-state index in [0.29, 0.717) is 24.4 Å². The van der Waals surface area contributed by atoms with E-state index in [1.165, 1.54) is 0 Å². The molecule has 1 saturated heterocycles. The summed E-state index contributed by atoms with van der Waals surface area (Å²) in [6, 6.07) is 5.55. The maximum atomic E-state index is 12.6. The smallest absolute Gasteiger partial charge is 0.303 e. The molecule has 1 N–H and O–H groups in total. The number of nitrogens with zero attached hydrogens (tertiary/aromatic N) is 1. The Hall–Kier alpha value is -2.04. The minimum atomic E-state index is -0.764. The summed E-state index contributed by atoms with van der Waals surface area (Å²) in [5, 5.41) is 8.82. The zero-order valence-corrected chi connectivity index (χ0v) is 12.5. The van der Waals surface area contributed by atoms with Gasteiger partial charge in [0.15, 0.2) is 0 Å². The van der Waals surface area contributed by atoms with Crippen LogP contribution in [0.15, 0.2) is 18.2 Å². The molecule has 1 aliphatic heterocycles. The Morgan fingerprint density at radius 3 is 2.57 bits per heavy atom. The fourth-order valence-electron chi connectivity index (χ4n) is 2.75. The fraction of sp³-hybridized carbons (Fsp3) is 0.500. The minimum absolute atomic E-state index is 0.0377. The Kier molecular flexibility index (Phi) is 4.83. The van der Waals surface area contributed by atoms with Gasteiger partial charge in [-0.1, -0.05) is 11.6 Å². The molecule has 5 nitrogen and oxygen atoms in total. The van der Waals surface area contributed by atoms with Gasteiger partial charge in [-0.15, -0.1) is 0 Å². The number of rotatable bonds is 4. The van der Waals surface area contributed by atoms with Crippen LogP contribution >= 0.6 is 0 Å². The van der Waals surface area contributed by atoms with E-state index in [4.69, 9.17) is 9.84 Å². The van der Waals surface area contributed by atoms with Crippen LogP contribution in [0.5, 0.6) is 5.75 Å². The molecule has 1 amide bonds. The summed E-state index contributed by atoms with van der Waals surface area (Å²) >= 11 is 0. The van der Waals surface area contributed by atoms with Crippen molar-refractivity contribution in [3.8, 4) is 5.75 Å². The Morgan fingerprint density at radius 2 is 2.00 bits per heavy atom. The van der Waals surface area contributed by atoms with Crippen LogP contribution in [0.3, 0.4) is 0 Å². The quantitative estimate of drug-likeness (QED) is 0.924. The second-order valence-electron chi connectivity index (χ2n) is 5.54. The topological polar surface area (TPSA) is 66.8 Å². The summed E-state index contributed by atoms with van der Waals surface area (Å²) in [5.74, 6) is -0.0475. The third-order valence-electron chi connectivity index (χ3n) is 3.95. The molecule has 0 radical (unpaired) electrons. The highest BCUT2D eigenvalue weighted by Gasteiger charge is 2.26. The molecule has 1 aromatic carbocycles. The number of hydrogen-bond acceptors (Lipinski definition) is 3. The predicted molar refractivity (Wildman–Crippen MR) is 78.6 cm³/mol. The number of carbonyl (C=O) groups is 2. The third kappa shape index (κ3) is 3.74. The molecule has 1 aromatic rings. The van der Waals surface area contributed by atoms with Crippen molar-refractivity contribution in [3.63, 3.8) is 0 Å². The summed E-state index contributed by atoms with van der Waals surface area (Å²) in [7, 11) is 1.56. The van der Waals surface area contributed by atoms with E-state index in [-0.39, 0.29) is 18.2 Å². The van der Waals surface area contributed by atoms with E-state index in [2.05, 4.69) is 0 Å². The number of piperidine rings is 1. The molecule has 0 aromatic heterocycles. The molecule has 0 saturated carbocycles. The van der Waals surface area contributed by atoms with E-state index in [1.54, 1.807) is 18.1 Å². The van der Waals surface area contributed by atoms with Crippen molar-refractivity contribution in [1.29, 1.82) is 0 Å². The van der Waals surface area contributed by atoms with Crippen LogP contribution in [0.2, 0.25) is 0 Å². The van der Waals surface area contributed by atoms with Crippen LogP contribution in [0.1, 0.15) is 35.2 Å². The maximum absolute atomic E-state index is 12.6. The van der Waals surface area contributed by atoms with Crippen molar-refractivity contribution in [2.24, 2.45) is 5.92 Å². The number of likely N-dealkylation sites (tertiary alicyclic amines) is 1. The Balaban J connectivity index is 2.05. The monoisotopic (exact) mass is 291 g/mol. The standard InChI is InChI=1S/C16H21NO4/c1-11-3-4-14(21-2)13(9-11)16(20)17-7-5-12(6-8-17)10-15(18)19/h3-4,9,12H,5-8,10H2,1-2H3,(H,18,19). The van der Waals surface area contributed by atoms with E-state index in [0.717, 1.165) is 18.4 Å². The number of benzene rings is 1. The number of ether oxygens (including phenoxy) is 1. The van der Waals surface area contributed by atoms with Crippen molar-refractivity contribution < 1.29 is 19.4 Å². The molecule has 21 heavy (non-hydrogen) atoms. The van der Waals surface area contributed by atoms with E-state index in [1.807, 2.05) is 19.1 Å². The van der Waals surface area contributed by atoms with Gasteiger partial charge in [-0.05, 0) is 37.8 Å². The predicted octanol–water partition coefficient (Wildman–Crippen LogP) is 2.33. The number of aliphatic carboxylic acids is 1. The van der Waals surface area contributed by atoms with Crippen LogP contribution < -0.4 is 4.74 Å². The highest BCUT2D eigenvalue weighted by molar-refractivity contribution is 5.97. The van der Waals surface area contributed by atoms with Gasteiger partial charge in [-0.25, -0.2) is 0 Å². The van der Waals surface area contributed by atoms with Gasteiger partial charge >= 0.3 is 5.97 Å². The van der Waals surface area contributed by atoms with Gasteiger partial charge in [0.2, 0.25) is 0 Å². The summed E-state index contributed by atoms with van der Waals surface area (Å²) in [5.41, 5.74) is 1.59. The Bertz CT molecular complexity index is 533.